The first-order valence-electron chi connectivity index (χ1n) is 2.69. The van der Waals surface area contributed by atoms with Crippen LogP contribution in [0, 0.1) is 0 Å². The molecule has 0 N–H and O–H groups in total. The molecule has 0 aromatic heterocycles. The summed E-state index contributed by atoms with van der Waals surface area (Å²) in [6.45, 7) is 0. The second-order valence-electron chi connectivity index (χ2n) is 1.59. The maximum atomic E-state index is 10.4. The van der Waals surface area contributed by atoms with Crippen LogP contribution in [0.25, 0.3) is 0 Å². The van der Waals surface area contributed by atoms with Crippen LogP contribution in [-0.4, -0.2) is 30.6 Å². The van der Waals surface area contributed by atoms with Crippen LogP contribution in [0.2, 0.25) is 0 Å². The molecular formula is C4H7NO5S. The predicted octanol–water partition coefficient (Wildman–Crippen LogP) is -0.456. The molecule has 1 aliphatic heterocycles. The van der Waals surface area contributed by atoms with Gasteiger partial charge in [-0.05, 0) is 5.16 Å². The van der Waals surface area contributed by atoms with Crippen LogP contribution in [0.5, 0.6) is 0 Å². The molecule has 11 heavy (non-hydrogen) atoms. The fourth-order valence-electron chi connectivity index (χ4n) is 0.547. The molecule has 1 heterocycles. The largest absolute Gasteiger partial charge is 0.440 e. The maximum absolute atomic E-state index is 10.4. The summed E-state index contributed by atoms with van der Waals surface area (Å²) in [4.78, 5) is 0. The van der Waals surface area contributed by atoms with Crippen LogP contribution < -0.4 is 0 Å². The van der Waals surface area contributed by atoms with Crippen molar-refractivity contribution in [1.29, 1.82) is 0 Å². The van der Waals surface area contributed by atoms with E-state index in [2.05, 4.69) is 13.6 Å². The average molecular weight is 181 g/mol. The number of nitrogens with zero attached hydrogens (tertiary/aromatic N) is 1. The van der Waals surface area contributed by atoms with Gasteiger partial charge in [0, 0.05) is 14.2 Å². The Balaban J connectivity index is 2.53. The first kappa shape index (κ1) is 8.44. The molecule has 6 nitrogen and oxygen atoms in total. The molecular weight excluding hydrogens is 174 g/mol. The zero-order valence-corrected chi connectivity index (χ0v) is 6.79. The zero-order valence-electron chi connectivity index (χ0n) is 5.97. The van der Waals surface area contributed by atoms with Crippen molar-refractivity contribution in [3.63, 3.8) is 0 Å². The highest BCUT2D eigenvalue weighted by atomic mass is 32.2. The molecule has 1 rings (SSSR count). The molecule has 0 spiro atoms. The fraction of sp³-hybridized carbons (Fsp3) is 0.750. The van der Waals surface area contributed by atoms with E-state index >= 15 is 0 Å². The van der Waals surface area contributed by atoms with Crippen LogP contribution in [-0.2, 0) is 29.3 Å². The third kappa shape index (κ3) is 1.88. The number of rotatable bonds is 3. The van der Waals surface area contributed by atoms with E-state index in [1.54, 1.807) is 0 Å². The lowest BCUT2D eigenvalue weighted by Gasteiger charge is -2.08. The smallest absolute Gasteiger partial charge is 0.348 e. The van der Waals surface area contributed by atoms with Gasteiger partial charge < -0.3 is 13.7 Å². The summed E-state index contributed by atoms with van der Waals surface area (Å²) in [5.41, 5.74) is 0. The zero-order chi connectivity index (χ0) is 8.27. The monoisotopic (exact) mass is 181 g/mol. The van der Waals surface area contributed by atoms with Crippen LogP contribution >= 0.6 is 0 Å². The van der Waals surface area contributed by atoms with Crippen LogP contribution in [0.15, 0.2) is 5.16 Å². The third-order valence-electron chi connectivity index (χ3n) is 0.971. The van der Waals surface area contributed by atoms with Gasteiger partial charge in [0.1, 0.15) is 0 Å². The minimum absolute atomic E-state index is 0.0216. The Hall–Kier alpha value is -0.660. The quantitative estimate of drug-likeness (QED) is 0.551. The van der Waals surface area contributed by atoms with Crippen molar-refractivity contribution in [2.24, 2.45) is 5.16 Å². The van der Waals surface area contributed by atoms with Gasteiger partial charge in [0.05, 0.1) is 0 Å². The Labute approximate surface area is 65.9 Å². The summed E-state index contributed by atoms with van der Waals surface area (Å²) >= 11 is -1.84. The van der Waals surface area contributed by atoms with Crippen molar-refractivity contribution >= 4 is 17.3 Å². The molecule has 7 heteroatoms. The number of hydrogen-bond donors (Lipinski definition) is 0. The summed E-state index contributed by atoms with van der Waals surface area (Å²) < 4.78 is 28.7. The molecule has 1 aliphatic rings. The van der Waals surface area contributed by atoms with Crippen molar-refractivity contribution < 1.29 is 22.1 Å². The molecule has 0 saturated heterocycles. The Kier molecular flexibility index (Phi) is 2.80. The van der Waals surface area contributed by atoms with Crippen molar-refractivity contribution in [2.75, 3.05) is 14.2 Å². The van der Waals surface area contributed by atoms with Crippen molar-refractivity contribution in [1.82, 2.24) is 0 Å². The summed E-state index contributed by atoms with van der Waals surface area (Å²) in [6, 6.07) is 0. The van der Waals surface area contributed by atoms with Gasteiger partial charge in [-0.2, -0.15) is 4.21 Å². The Bertz CT molecular complexity index is 189. The van der Waals surface area contributed by atoms with Crippen molar-refractivity contribution in [2.45, 2.75) is 6.29 Å². The molecule has 1 atom stereocenters. The van der Waals surface area contributed by atoms with Gasteiger partial charge >= 0.3 is 17.3 Å². The van der Waals surface area contributed by atoms with Crippen LogP contribution in [0.4, 0.5) is 0 Å². The van der Waals surface area contributed by atoms with E-state index in [1.165, 1.54) is 14.2 Å². The van der Waals surface area contributed by atoms with Gasteiger partial charge in [-0.1, -0.05) is 0 Å². The molecule has 0 bridgehead atoms. The van der Waals surface area contributed by atoms with Gasteiger partial charge in [0.2, 0.25) is 6.29 Å². The third-order valence-corrected chi connectivity index (χ3v) is 1.47. The molecule has 0 aromatic carbocycles. The molecule has 0 radical (unpaired) electrons. The second kappa shape index (κ2) is 3.65. The second-order valence-corrected chi connectivity index (χ2v) is 2.32. The van der Waals surface area contributed by atoms with E-state index in [0.29, 0.717) is 0 Å². The first-order chi connectivity index (χ1) is 5.27. The summed E-state index contributed by atoms with van der Waals surface area (Å²) in [5, 5.41) is 3.30. The lowest BCUT2D eigenvalue weighted by atomic mass is 10.6. The standard InChI is InChI=1S/C4H7NO5S/c1-7-4(8-2)3-5-10-11(6)9-3/h4H,1-2H3. The lowest BCUT2D eigenvalue weighted by Crippen LogP contribution is -2.25. The minimum atomic E-state index is -1.84. The van der Waals surface area contributed by atoms with Gasteiger partial charge in [-0.25, -0.2) is 0 Å². The Morgan fingerprint density at radius 2 is 2.18 bits per heavy atom. The highest BCUT2D eigenvalue weighted by molar-refractivity contribution is 7.75. The van der Waals surface area contributed by atoms with Crippen molar-refractivity contribution in [3.8, 4) is 0 Å². The normalized spacial score (nSPS) is 22.8. The number of oxime groups is 1. The maximum Gasteiger partial charge on any atom is 0.440 e. The van der Waals surface area contributed by atoms with E-state index < -0.39 is 17.7 Å². The topological polar surface area (TPSA) is 66.3 Å². The SMILES string of the molecule is COC(OC)C1=NOS(=O)O1. The van der Waals surface area contributed by atoms with Gasteiger partial charge in [-0.3, -0.25) is 4.28 Å². The van der Waals surface area contributed by atoms with Crippen molar-refractivity contribution in [3.05, 3.63) is 0 Å². The highest BCUT2D eigenvalue weighted by Gasteiger charge is 2.26. The molecule has 0 aliphatic carbocycles. The molecule has 64 valence electrons. The van der Waals surface area contributed by atoms with Gasteiger partial charge in [0.25, 0.3) is 0 Å². The summed E-state index contributed by atoms with van der Waals surface area (Å²) in [7, 11) is 2.81. The fourth-order valence-corrected chi connectivity index (χ4v) is 0.961. The van der Waals surface area contributed by atoms with Gasteiger partial charge in [0.15, 0.2) is 0 Å². The average Bonchev–Trinajstić information content (AvgIpc) is 2.39. The van der Waals surface area contributed by atoms with Gasteiger partial charge in [-0.15, -0.1) is 0 Å². The van der Waals surface area contributed by atoms with E-state index in [0.717, 1.165) is 0 Å². The number of methoxy groups -OCH3 is 2. The summed E-state index contributed by atoms with van der Waals surface area (Å²) in [5.74, 6) is 0.0216. The lowest BCUT2D eigenvalue weighted by molar-refractivity contribution is -0.0599. The Morgan fingerprint density at radius 3 is 2.55 bits per heavy atom. The molecule has 0 fully saturated rings. The number of ether oxygens (including phenoxy) is 2. The molecule has 1 unspecified atom stereocenters. The van der Waals surface area contributed by atoms with E-state index in [9.17, 15) is 4.21 Å². The minimum Gasteiger partial charge on any atom is -0.348 e. The molecule has 0 saturated carbocycles. The van der Waals surface area contributed by atoms with E-state index in [1.807, 2.05) is 0 Å². The highest BCUT2D eigenvalue weighted by Crippen LogP contribution is 2.08. The van der Waals surface area contributed by atoms with Crippen LogP contribution in [0.1, 0.15) is 0 Å². The number of hydrogen-bond acceptors (Lipinski definition) is 6. The van der Waals surface area contributed by atoms with Crippen LogP contribution in [0.3, 0.4) is 0 Å². The molecule has 0 aromatic rings. The molecule has 0 amide bonds. The Morgan fingerprint density at radius 1 is 1.55 bits per heavy atom. The first-order valence-corrected chi connectivity index (χ1v) is 3.69. The summed E-state index contributed by atoms with van der Waals surface area (Å²) in [6.07, 6.45) is -0.763. The predicted molar refractivity (Wildman–Crippen MR) is 35.6 cm³/mol. The van der Waals surface area contributed by atoms with E-state index in [-0.39, 0.29) is 5.90 Å². The van der Waals surface area contributed by atoms with E-state index in [4.69, 9.17) is 9.47 Å².